The molecule has 1 heterocycles. The van der Waals surface area contributed by atoms with E-state index in [2.05, 4.69) is 10.2 Å². The lowest BCUT2D eigenvalue weighted by atomic mass is 9.94. The van der Waals surface area contributed by atoms with Gasteiger partial charge in [-0.1, -0.05) is 39.0 Å². The normalized spacial score (nSPS) is 16.4. The van der Waals surface area contributed by atoms with Crippen LogP contribution in [0.25, 0.3) is 0 Å². The van der Waals surface area contributed by atoms with Crippen molar-refractivity contribution >= 4 is 17.5 Å². The lowest BCUT2D eigenvalue weighted by Gasteiger charge is -2.37. The fourth-order valence-corrected chi connectivity index (χ4v) is 2.51. The molecule has 1 aromatic rings. The number of anilines is 1. The molecule has 2 amide bonds. The van der Waals surface area contributed by atoms with E-state index in [1.165, 1.54) is 0 Å². The lowest BCUT2D eigenvalue weighted by Crippen LogP contribution is -2.52. The molecule has 5 nitrogen and oxygen atoms in total. The largest absolute Gasteiger partial charge is 0.340 e. The summed E-state index contributed by atoms with van der Waals surface area (Å²) in [6.07, 6.45) is 0. The molecule has 5 heteroatoms. The highest BCUT2D eigenvalue weighted by Crippen LogP contribution is 2.18. The number of nitrogens with zero attached hydrogens (tertiary/aromatic N) is 2. The van der Waals surface area contributed by atoms with Crippen LogP contribution in [0.4, 0.5) is 5.69 Å². The Balaban J connectivity index is 1.78. The fraction of sp³-hybridized carbons (Fsp3) is 0.529. The van der Waals surface area contributed by atoms with Crippen LogP contribution in [0.2, 0.25) is 0 Å². The lowest BCUT2D eigenvalue weighted by molar-refractivity contribution is -0.141. The average molecular weight is 303 g/mol. The Hall–Kier alpha value is -1.88. The van der Waals surface area contributed by atoms with Gasteiger partial charge in [-0.3, -0.25) is 14.5 Å². The SMILES string of the molecule is CC(C)(C)C(=O)N1CCN(CC(=O)Nc2ccccc2)CC1. The van der Waals surface area contributed by atoms with Crippen LogP contribution in [-0.4, -0.2) is 54.3 Å². The van der Waals surface area contributed by atoms with Crippen molar-refractivity contribution in [2.75, 3.05) is 38.0 Å². The second kappa shape index (κ2) is 6.92. The summed E-state index contributed by atoms with van der Waals surface area (Å²) in [5.41, 5.74) is 0.474. The van der Waals surface area contributed by atoms with Gasteiger partial charge < -0.3 is 10.2 Å². The highest BCUT2D eigenvalue weighted by molar-refractivity contribution is 5.92. The summed E-state index contributed by atoms with van der Waals surface area (Å²) in [6, 6.07) is 9.45. The zero-order valence-corrected chi connectivity index (χ0v) is 13.6. The van der Waals surface area contributed by atoms with Crippen molar-refractivity contribution in [2.24, 2.45) is 5.41 Å². The predicted molar refractivity (Wildman–Crippen MR) is 87.5 cm³/mol. The van der Waals surface area contributed by atoms with Crippen LogP contribution in [0.5, 0.6) is 0 Å². The van der Waals surface area contributed by atoms with Gasteiger partial charge in [0.25, 0.3) is 0 Å². The molecule has 2 rings (SSSR count). The van der Waals surface area contributed by atoms with E-state index >= 15 is 0 Å². The van der Waals surface area contributed by atoms with Gasteiger partial charge in [0.15, 0.2) is 0 Å². The Bertz CT molecular complexity index is 514. The highest BCUT2D eigenvalue weighted by atomic mass is 16.2. The number of benzene rings is 1. The molecule has 1 saturated heterocycles. The second-order valence-corrected chi connectivity index (χ2v) is 6.73. The molecule has 0 aliphatic carbocycles. The summed E-state index contributed by atoms with van der Waals surface area (Å²) in [5.74, 6) is 0.169. The van der Waals surface area contributed by atoms with Gasteiger partial charge in [-0.05, 0) is 12.1 Å². The third-order valence-corrected chi connectivity index (χ3v) is 3.73. The van der Waals surface area contributed by atoms with E-state index in [9.17, 15) is 9.59 Å². The molecule has 0 unspecified atom stereocenters. The van der Waals surface area contributed by atoms with Gasteiger partial charge in [-0.15, -0.1) is 0 Å². The summed E-state index contributed by atoms with van der Waals surface area (Å²) in [5, 5.41) is 2.89. The van der Waals surface area contributed by atoms with Crippen molar-refractivity contribution in [1.29, 1.82) is 0 Å². The second-order valence-electron chi connectivity index (χ2n) is 6.73. The fourth-order valence-electron chi connectivity index (χ4n) is 2.51. The number of carbonyl (C=O) groups excluding carboxylic acids is 2. The maximum atomic E-state index is 12.2. The molecular formula is C17H25N3O2. The van der Waals surface area contributed by atoms with E-state index in [1.54, 1.807) is 0 Å². The standard InChI is InChI=1S/C17H25N3O2/c1-17(2,3)16(22)20-11-9-19(10-12-20)13-15(21)18-14-7-5-4-6-8-14/h4-8H,9-13H2,1-3H3,(H,18,21). The van der Waals surface area contributed by atoms with Crippen molar-refractivity contribution < 1.29 is 9.59 Å². The molecular weight excluding hydrogens is 278 g/mol. The number of para-hydroxylation sites is 1. The Kier molecular flexibility index (Phi) is 5.19. The Morgan fingerprint density at radius 3 is 2.18 bits per heavy atom. The minimum atomic E-state index is -0.340. The molecule has 22 heavy (non-hydrogen) atoms. The molecule has 1 N–H and O–H groups in total. The molecule has 0 bridgehead atoms. The van der Waals surface area contributed by atoms with E-state index in [0.717, 1.165) is 18.8 Å². The third-order valence-electron chi connectivity index (χ3n) is 3.73. The van der Waals surface area contributed by atoms with E-state index in [-0.39, 0.29) is 17.2 Å². The number of piperazine rings is 1. The number of amides is 2. The minimum absolute atomic E-state index is 0.0122. The van der Waals surface area contributed by atoms with Gasteiger partial charge in [0, 0.05) is 37.3 Å². The van der Waals surface area contributed by atoms with Gasteiger partial charge >= 0.3 is 0 Å². The molecule has 0 atom stereocenters. The number of hydrogen-bond acceptors (Lipinski definition) is 3. The van der Waals surface area contributed by atoms with Crippen LogP contribution in [0.15, 0.2) is 30.3 Å². The number of hydrogen-bond donors (Lipinski definition) is 1. The topological polar surface area (TPSA) is 52.7 Å². The first-order valence-electron chi connectivity index (χ1n) is 7.73. The molecule has 1 aromatic carbocycles. The molecule has 0 saturated carbocycles. The summed E-state index contributed by atoms with van der Waals surface area (Å²) >= 11 is 0. The molecule has 1 aliphatic rings. The molecule has 0 radical (unpaired) electrons. The first-order valence-corrected chi connectivity index (χ1v) is 7.73. The maximum Gasteiger partial charge on any atom is 0.238 e. The zero-order valence-electron chi connectivity index (χ0n) is 13.6. The first-order chi connectivity index (χ1) is 10.4. The Morgan fingerprint density at radius 1 is 1.05 bits per heavy atom. The highest BCUT2D eigenvalue weighted by Gasteiger charge is 2.29. The third kappa shape index (κ3) is 4.56. The van der Waals surface area contributed by atoms with Gasteiger partial charge in [0.1, 0.15) is 0 Å². The van der Waals surface area contributed by atoms with E-state index < -0.39 is 0 Å². The van der Waals surface area contributed by atoms with Gasteiger partial charge in [0.05, 0.1) is 6.54 Å². The smallest absolute Gasteiger partial charge is 0.238 e. The number of rotatable bonds is 3. The molecule has 1 aliphatic heterocycles. The Labute approximate surface area is 132 Å². The van der Waals surface area contributed by atoms with Crippen molar-refractivity contribution in [2.45, 2.75) is 20.8 Å². The van der Waals surface area contributed by atoms with Crippen LogP contribution in [-0.2, 0) is 9.59 Å². The summed E-state index contributed by atoms with van der Waals surface area (Å²) in [7, 11) is 0. The van der Waals surface area contributed by atoms with Crippen molar-refractivity contribution in [1.82, 2.24) is 9.80 Å². The van der Waals surface area contributed by atoms with Crippen molar-refractivity contribution in [3.05, 3.63) is 30.3 Å². The number of nitrogens with one attached hydrogen (secondary N) is 1. The van der Waals surface area contributed by atoms with Crippen molar-refractivity contribution in [3.63, 3.8) is 0 Å². The maximum absolute atomic E-state index is 12.2. The zero-order chi connectivity index (χ0) is 16.2. The van der Waals surface area contributed by atoms with Gasteiger partial charge in [0.2, 0.25) is 11.8 Å². The monoisotopic (exact) mass is 303 g/mol. The van der Waals surface area contributed by atoms with E-state index in [4.69, 9.17) is 0 Å². The van der Waals surface area contributed by atoms with Gasteiger partial charge in [-0.2, -0.15) is 0 Å². The Morgan fingerprint density at radius 2 is 1.64 bits per heavy atom. The summed E-state index contributed by atoms with van der Waals surface area (Å²) < 4.78 is 0. The van der Waals surface area contributed by atoms with E-state index in [1.807, 2.05) is 56.0 Å². The van der Waals surface area contributed by atoms with E-state index in [0.29, 0.717) is 19.6 Å². The van der Waals surface area contributed by atoms with Crippen LogP contribution >= 0.6 is 0 Å². The van der Waals surface area contributed by atoms with Crippen LogP contribution in [0.3, 0.4) is 0 Å². The van der Waals surface area contributed by atoms with Crippen molar-refractivity contribution in [3.8, 4) is 0 Å². The molecule has 1 fully saturated rings. The summed E-state index contributed by atoms with van der Waals surface area (Å²) in [4.78, 5) is 28.2. The van der Waals surface area contributed by atoms with Crippen LogP contribution < -0.4 is 5.32 Å². The van der Waals surface area contributed by atoms with Gasteiger partial charge in [-0.25, -0.2) is 0 Å². The molecule has 120 valence electrons. The predicted octanol–water partition coefficient (Wildman–Crippen LogP) is 1.82. The first kappa shape index (κ1) is 16.5. The quantitative estimate of drug-likeness (QED) is 0.926. The van der Waals surface area contributed by atoms with Crippen LogP contribution in [0, 0.1) is 5.41 Å². The minimum Gasteiger partial charge on any atom is -0.340 e. The number of carbonyl (C=O) groups is 2. The molecule has 0 aromatic heterocycles. The average Bonchev–Trinajstić information content (AvgIpc) is 2.47. The molecule has 0 spiro atoms. The summed E-state index contributed by atoms with van der Waals surface area (Å²) in [6.45, 7) is 9.04. The van der Waals surface area contributed by atoms with Crippen LogP contribution in [0.1, 0.15) is 20.8 Å².